The van der Waals surface area contributed by atoms with Gasteiger partial charge in [-0.05, 0) is 131 Å². The minimum atomic E-state index is -0.518. The summed E-state index contributed by atoms with van der Waals surface area (Å²) in [6, 6.07) is 97.8. The third kappa shape index (κ3) is 4.91. The quantitative estimate of drug-likeness (QED) is 0.175. The molecule has 0 saturated carbocycles. The van der Waals surface area contributed by atoms with Crippen molar-refractivity contribution in [3.8, 4) is 55.6 Å². The number of nitrogens with zero attached hydrogens (tertiary/aromatic N) is 1. The van der Waals surface area contributed by atoms with E-state index in [0.717, 1.165) is 50.1 Å². The summed E-state index contributed by atoms with van der Waals surface area (Å²) in [7, 11) is 0. The number of hydrogen-bond donors (Lipinski definition) is 0. The van der Waals surface area contributed by atoms with Crippen LogP contribution in [0.5, 0.6) is 0 Å². The molecule has 0 fully saturated rings. The molecular formula is C72H43NO. The van der Waals surface area contributed by atoms with E-state index in [4.69, 9.17) is 4.42 Å². The Bertz CT molecular complexity index is 4480. The number of fused-ring (bicyclic) bond motifs is 24. The topological polar surface area (TPSA) is 16.4 Å². The molecule has 342 valence electrons. The van der Waals surface area contributed by atoms with E-state index >= 15 is 0 Å². The van der Waals surface area contributed by atoms with E-state index in [9.17, 15) is 0 Å². The normalized spacial score (nSPS) is 14.2. The Balaban J connectivity index is 0.979. The first kappa shape index (κ1) is 40.1. The second-order valence-electron chi connectivity index (χ2n) is 20.5. The molecule has 0 aliphatic heterocycles. The molecule has 0 amide bonds. The van der Waals surface area contributed by atoms with E-state index in [2.05, 4.69) is 266 Å². The number of para-hydroxylation sites is 2. The minimum absolute atomic E-state index is 0.509. The van der Waals surface area contributed by atoms with Crippen LogP contribution in [0.15, 0.2) is 265 Å². The Morgan fingerprint density at radius 1 is 0.270 bits per heavy atom. The number of furan rings is 1. The smallest absolute Gasteiger partial charge is 0.143 e. The van der Waals surface area contributed by atoms with Crippen LogP contribution < -0.4 is 4.90 Å². The Hall–Kier alpha value is -9.50. The average molecular weight is 938 g/mol. The lowest BCUT2D eigenvalue weighted by Gasteiger charge is -2.34. The van der Waals surface area contributed by atoms with Crippen molar-refractivity contribution in [2.24, 2.45) is 0 Å². The SMILES string of the molecule is c1ccc(N(c2ccc3c(c2)C2(c4ccccc4-c4ccccc42)c2ccccc2-3)c2cccc3c2-c2ccccc2C32c3ccccc3-c3ccccc32)c(-c2cccc3c2oc2cc4ccccc4cc23)c1. The van der Waals surface area contributed by atoms with Crippen molar-refractivity contribution in [2.75, 3.05) is 4.90 Å². The summed E-state index contributed by atoms with van der Waals surface area (Å²) < 4.78 is 7.05. The zero-order valence-electron chi connectivity index (χ0n) is 40.2. The van der Waals surface area contributed by atoms with E-state index < -0.39 is 10.8 Å². The van der Waals surface area contributed by atoms with Gasteiger partial charge in [0.2, 0.25) is 0 Å². The average Bonchev–Trinajstić information content (AvgIpc) is 4.41. The molecule has 1 aromatic heterocycles. The van der Waals surface area contributed by atoms with Gasteiger partial charge in [0.1, 0.15) is 11.2 Å². The van der Waals surface area contributed by atoms with Gasteiger partial charge < -0.3 is 9.32 Å². The summed E-state index contributed by atoms with van der Waals surface area (Å²) in [6.07, 6.45) is 0. The predicted molar refractivity (Wildman–Crippen MR) is 304 cm³/mol. The largest absolute Gasteiger partial charge is 0.455 e. The molecule has 17 rings (SSSR count). The third-order valence-corrected chi connectivity index (χ3v) is 17.3. The summed E-state index contributed by atoms with van der Waals surface area (Å²) >= 11 is 0. The first-order valence-electron chi connectivity index (χ1n) is 25.8. The maximum Gasteiger partial charge on any atom is 0.143 e. The summed E-state index contributed by atoms with van der Waals surface area (Å²) in [5.41, 5.74) is 27.0. The lowest BCUT2D eigenvalue weighted by atomic mass is 9.70. The number of hydrogen-bond acceptors (Lipinski definition) is 2. The maximum atomic E-state index is 7.05. The van der Waals surface area contributed by atoms with E-state index in [1.54, 1.807) is 0 Å². The molecular weight excluding hydrogens is 895 g/mol. The van der Waals surface area contributed by atoms with Crippen molar-refractivity contribution >= 4 is 49.8 Å². The van der Waals surface area contributed by atoms with Crippen molar-refractivity contribution in [3.63, 3.8) is 0 Å². The molecule has 74 heavy (non-hydrogen) atoms. The molecule has 2 spiro atoms. The zero-order chi connectivity index (χ0) is 48.3. The van der Waals surface area contributed by atoms with E-state index in [0.29, 0.717) is 0 Å². The molecule has 2 heteroatoms. The van der Waals surface area contributed by atoms with Crippen molar-refractivity contribution in [3.05, 3.63) is 305 Å². The Morgan fingerprint density at radius 2 is 0.689 bits per heavy atom. The van der Waals surface area contributed by atoms with Gasteiger partial charge in [-0.1, -0.05) is 224 Å². The molecule has 1 heterocycles. The van der Waals surface area contributed by atoms with Crippen LogP contribution >= 0.6 is 0 Å². The lowest BCUT2D eigenvalue weighted by Crippen LogP contribution is -2.26. The van der Waals surface area contributed by atoms with Gasteiger partial charge in [-0.2, -0.15) is 0 Å². The van der Waals surface area contributed by atoms with Gasteiger partial charge in [0.15, 0.2) is 0 Å². The fourth-order valence-electron chi connectivity index (χ4n) is 14.5. The molecule has 0 saturated heterocycles. The van der Waals surface area contributed by atoms with Crippen molar-refractivity contribution < 1.29 is 4.42 Å². The predicted octanol–water partition coefficient (Wildman–Crippen LogP) is 18.6. The molecule has 0 bridgehead atoms. The third-order valence-electron chi connectivity index (χ3n) is 17.3. The second-order valence-corrected chi connectivity index (χ2v) is 20.5. The summed E-state index contributed by atoms with van der Waals surface area (Å²) in [4.78, 5) is 2.58. The fraction of sp³-hybridized carbons (Fsp3) is 0.0278. The van der Waals surface area contributed by atoms with Crippen LogP contribution in [-0.4, -0.2) is 0 Å². The molecule has 4 aliphatic carbocycles. The van der Waals surface area contributed by atoms with Crippen LogP contribution in [0.1, 0.15) is 44.5 Å². The molecule has 4 aliphatic rings. The highest BCUT2D eigenvalue weighted by Gasteiger charge is 2.54. The van der Waals surface area contributed by atoms with Crippen molar-refractivity contribution in [1.82, 2.24) is 0 Å². The van der Waals surface area contributed by atoms with E-state index in [1.807, 2.05) is 0 Å². The number of anilines is 3. The van der Waals surface area contributed by atoms with Crippen LogP contribution in [0, 0.1) is 0 Å². The lowest BCUT2D eigenvalue weighted by molar-refractivity contribution is 0.670. The van der Waals surface area contributed by atoms with Crippen LogP contribution in [0.2, 0.25) is 0 Å². The monoisotopic (exact) mass is 937 g/mol. The van der Waals surface area contributed by atoms with Gasteiger partial charge in [-0.25, -0.2) is 0 Å². The summed E-state index contributed by atoms with van der Waals surface area (Å²) in [5.74, 6) is 0. The molecule has 2 nitrogen and oxygen atoms in total. The van der Waals surface area contributed by atoms with Gasteiger partial charge >= 0.3 is 0 Å². The molecule has 0 unspecified atom stereocenters. The van der Waals surface area contributed by atoms with Crippen LogP contribution in [0.4, 0.5) is 17.1 Å². The minimum Gasteiger partial charge on any atom is -0.455 e. The van der Waals surface area contributed by atoms with Gasteiger partial charge in [-0.3, -0.25) is 0 Å². The standard InChI is InChI=1S/C72H43NO/c1-2-20-45-42-68-57(41-44(45)19-1)55-29-17-28-54(70(55)74-68)53-26-9-16-37-66(53)73(46-39-40-52-51-25-7-14-34-62(51)72(65(52)43-46)60-32-12-5-23-49(60)50-24-6-13-33-61(50)72)67-38-18-36-64-69(67)56-27-8-15-35-63(56)71(64)58-30-10-3-21-47(58)48-22-4-11-31-59(48)71/h1-43H. The zero-order valence-corrected chi connectivity index (χ0v) is 40.2. The highest BCUT2D eigenvalue weighted by atomic mass is 16.3. The first-order chi connectivity index (χ1) is 36.7. The van der Waals surface area contributed by atoms with Crippen molar-refractivity contribution in [2.45, 2.75) is 10.8 Å². The van der Waals surface area contributed by atoms with Crippen LogP contribution in [0.25, 0.3) is 88.3 Å². The second kappa shape index (κ2) is 14.6. The number of benzene rings is 12. The van der Waals surface area contributed by atoms with E-state index in [1.165, 1.54) is 99.8 Å². The van der Waals surface area contributed by atoms with Crippen LogP contribution in [-0.2, 0) is 10.8 Å². The highest BCUT2D eigenvalue weighted by molar-refractivity contribution is 6.14. The van der Waals surface area contributed by atoms with Crippen molar-refractivity contribution in [1.29, 1.82) is 0 Å². The molecule has 0 radical (unpaired) electrons. The van der Waals surface area contributed by atoms with Gasteiger partial charge in [-0.15, -0.1) is 0 Å². The van der Waals surface area contributed by atoms with E-state index in [-0.39, 0.29) is 0 Å². The summed E-state index contributed by atoms with van der Waals surface area (Å²) in [5, 5.41) is 4.60. The summed E-state index contributed by atoms with van der Waals surface area (Å²) in [6.45, 7) is 0. The maximum absolute atomic E-state index is 7.05. The first-order valence-corrected chi connectivity index (χ1v) is 25.8. The molecule has 13 aromatic rings. The molecule has 0 atom stereocenters. The molecule has 12 aromatic carbocycles. The highest BCUT2D eigenvalue weighted by Crippen LogP contribution is 2.67. The molecule has 0 N–H and O–H groups in total. The fourth-order valence-corrected chi connectivity index (χ4v) is 14.5. The van der Waals surface area contributed by atoms with Gasteiger partial charge in [0.05, 0.1) is 22.2 Å². The van der Waals surface area contributed by atoms with Gasteiger partial charge in [0.25, 0.3) is 0 Å². The Kier molecular flexibility index (Phi) is 7.90. The number of rotatable bonds is 4. The Labute approximate surface area is 428 Å². The van der Waals surface area contributed by atoms with Gasteiger partial charge in [0, 0.05) is 33.2 Å². The van der Waals surface area contributed by atoms with Crippen LogP contribution in [0.3, 0.4) is 0 Å². The Morgan fingerprint density at radius 3 is 1.28 bits per heavy atom.